The maximum atomic E-state index is 11.9. The van der Waals surface area contributed by atoms with Crippen molar-refractivity contribution < 1.29 is 32.5 Å². The van der Waals surface area contributed by atoms with E-state index in [1.165, 1.54) is 12.1 Å². The highest BCUT2D eigenvalue weighted by Crippen LogP contribution is 2.26. The van der Waals surface area contributed by atoms with E-state index in [4.69, 9.17) is 9.84 Å². The van der Waals surface area contributed by atoms with Gasteiger partial charge in [-0.25, -0.2) is 0 Å². The van der Waals surface area contributed by atoms with E-state index in [-0.39, 0.29) is 30.9 Å². The highest BCUT2D eigenvalue weighted by atomic mass is 19.4. The number of ether oxygens (including phenoxy) is 2. The molecular formula is C11H11F3O4. The second-order valence-electron chi connectivity index (χ2n) is 3.37. The average molecular weight is 264 g/mol. The quantitative estimate of drug-likeness (QED) is 0.803. The van der Waals surface area contributed by atoms with Crippen LogP contribution in [0.5, 0.6) is 11.5 Å². The molecule has 0 spiro atoms. The summed E-state index contributed by atoms with van der Waals surface area (Å²) in [6.07, 6.45) is -4.53. The smallest absolute Gasteiger partial charge is 0.493 e. The van der Waals surface area contributed by atoms with Gasteiger partial charge in [0.2, 0.25) is 0 Å². The fourth-order valence-corrected chi connectivity index (χ4v) is 1.17. The van der Waals surface area contributed by atoms with Gasteiger partial charge in [0.1, 0.15) is 11.5 Å². The zero-order chi connectivity index (χ0) is 13.6. The summed E-state index contributed by atoms with van der Waals surface area (Å²) in [5.41, 5.74) is 0. The van der Waals surface area contributed by atoms with Gasteiger partial charge in [0.25, 0.3) is 0 Å². The van der Waals surface area contributed by atoms with E-state index in [0.717, 1.165) is 12.1 Å². The SMILES string of the molecule is O=C(O)CCCOc1cccc(OC(F)(F)F)c1. The second kappa shape index (κ2) is 6.13. The molecule has 7 heteroatoms. The lowest BCUT2D eigenvalue weighted by atomic mass is 10.3. The van der Waals surface area contributed by atoms with Gasteiger partial charge >= 0.3 is 12.3 Å². The fourth-order valence-electron chi connectivity index (χ4n) is 1.17. The molecule has 18 heavy (non-hydrogen) atoms. The minimum Gasteiger partial charge on any atom is -0.493 e. The van der Waals surface area contributed by atoms with Gasteiger partial charge in [-0.3, -0.25) is 4.79 Å². The van der Waals surface area contributed by atoms with E-state index in [0.29, 0.717) is 0 Å². The van der Waals surface area contributed by atoms with E-state index in [1.54, 1.807) is 0 Å². The third-order valence-electron chi connectivity index (χ3n) is 1.84. The molecule has 0 amide bonds. The Hall–Kier alpha value is -1.92. The molecule has 0 fully saturated rings. The Morgan fingerprint density at radius 1 is 1.28 bits per heavy atom. The van der Waals surface area contributed by atoms with Crippen molar-refractivity contribution in [3.63, 3.8) is 0 Å². The summed E-state index contributed by atoms with van der Waals surface area (Å²) in [7, 11) is 0. The summed E-state index contributed by atoms with van der Waals surface area (Å²) in [5.74, 6) is -1.13. The summed E-state index contributed by atoms with van der Waals surface area (Å²) in [4.78, 5) is 10.2. The third-order valence-corrected chi connectivity index (χ3v) is 1.84. The van der Waals surface area contributed by atoms with Crippen LogP contribution in [0.3, 0.4) is 0 Å². The zero-order valence-electron chi connectivity index (χ0n) is 9.24. The Morgan fingerprint density at radius 2 is 1.94 bits per heavy atom. The molecule has 100 valence electrons. The molecule has 1 aromatic carbocycles. The predicted molar refractivity (Wildman–Crippen MR) is 55.5 cm³/mol. The van der Waals surface area contributed by atoms with Gasteiger partial charge in [0.15, 0.2) is 0 Å². The molecule has 0 saturated carbocycles. The minimum atomic E-state index is -4.75. The van der Waals surface area contributed by atoms with E-state index < -0.39 is 12.3 Å². The van der Waals surface area contributed by atoms with Crippen LogP contribution in [0.25, 0.3) is 0 Å². The molecule has 0 radical (unpaired) electrons. The van der Waals surface area contributed by atoms with Crippen molar-refractivity contribution in [2.24, 2.45) is 0 Å². The van der Waals surface area contributed by atoms with Crippen LogP contribution in [0, 0.1) is 0 Å². The summed E-state index contributed by atoms with van der Waals surface area (Å²) < 4.78 is 44.6. The normalized spacial score (nSPS) is 11.1. The van der Waals surface area contributed by atoms with Crippen molar-refractivity contribution in [2.75, 3.05) is 6.61 Å². The number of benzene rings is 1. The van der Waals surface area contributed by atoms with Gasteiger partial charge in [-0.1, -0.05) is 6.07 Å². The number of hydrogen-bond acceptors (Lipinski definition) is 3. The molecule has 1 rings (SSSR count). The number of alkyl halides is 3. The molecule has 4 nitrogen and oxygen atoms in total. The summed E-state index contributed by atoms with van der Waals surface area (Å²) in [5, 5.41) is 8.38. The van der Waals surface area contributed by atoms with Gasteiger partial charge in [0.05, 0.1) is 6.61 Å². The Balaban J connectivity index is 2.47. The van der Waals surface area contributed by atoms with E-state index >= 15 is 0 Å². The monoisotopic (exact) mass is 264 g/mol. The topological polar surface area (TPSA) is 55.8 Å². The number of halogens is 3. The maximum Gasteiger partial charge on any atom is 0.573 e. The lowest BCUT2D eigenvalue weighted by Gasteiger charge is -2.10. The number of carboxylic acids is 1. The van der Waals surface area contributed by atoms with Crippen LogP contribution >= 0.6 is 0 Å². The van der Waals surface area contributed by atoms with Crippen molar-refractivity contribution >= 4 is 5.97 Å². The summed E-state index contributed by atoms with van der Waals surface area (Å²) >= 11 is 0. The zero-order valence-corrected chi connectivity index (χ0v) is 9.24. The standard InChI is InChI=1S/C11H11F3O4/c12-11(13,14)18-9-4-1-3-8(7-9)17-6-2-5-10(15)16/h1,3-4,7H,2,5-6H2,(H,15,16). The molecule has 0 bridgehead atoms. The van der Waals surface area contributed by atoms with Crippen LogP contribution in [-0.4, -0.2) is 24.0 Å². The third kappa shape index (κ3) is 5.97. The van der Waals surface area contributed by atoms with Gasteiger partial charge in [-0.05, 0) is 18.6 Å². The van der Waals surface area contributed by atoms with Gasteiger partial charge in [-0.15, -0.1) is 13.2 Å². The molecule has 0 unspecified atom stereocenters. The van der Waals surface area contributed by atoms with Crippen molar-refractivity contribution in [2.45, 2.75) is 19.2 Å². The van der Waals surface area contributed by atoms with Crippen molar-refractivity contribution in [3.05, 3.63) is 24.3 Å². The highest BCUT2D eigenvalue weighted by Gasteiger charge is 2.31. The van der Waals surface area contributed by atoms with Crippen molar-refractivity contribution in [3.8, 4) is 11.5 Å². The van der Waals surface area contributed by atoms with Gasteiger partial charge in [0, 0.05) is 12.5 Å². The molecule has 0 atom stereocenters. The van der Waals surface area contributed by atoms with Crippen LogP contribution in [0.1, 0.15) is 12.8 Å². The number of aliphatic carboxylic acids is 1. The molecule has 0 aliphatic rings. The van der Waals surface area contributed by atoms with Crippen LogP contribution in [-0.2, 0) is 4.79 Å². The summed E-state index contributed by atoms with van der Waals surface area (Å²) in [6.45, 7) is 0.113. The van der Waals surface area contributed by atoms with Crippen LogP contribution in [0.2, 0.25) is 0 Å². The average Bonchev–Trinajstić information content (AvgIpc) is 2.22. The number of hydrogen-bond donors (Lipinski definition) is 1. The minimum absolute atomic E-state index is 0.0568. The Bertz CT molecular complexity index is 404. The lowest BCUT2D eigenvalue weighted by molar-refractivity contribution is -0.274. The highest BCUT2D eigenvalue weighted by molar-refractivity contribution is 5.66. The first-order chi connectivity index (χ1) is 8.37. The van der Waals surface area contributed by atoms with Crippen LogP contribution < -0.4 is 9.47 Å². The fraction of sp³-hybridized carbons (Fsp3) is 0.364. The Labute approximate surface area is 101 Å². The van der Waals surface area contributed by atoms with Crippen molar-refractivity contribution in [1.29, 1.82) is 0 Å². The molecule has 1 N–H and O–H groups in total. The van der Waals surface area contributed by atoms with Gasteiger partial charge in [-0.2, -0.15) is 0 Å². The molecule has 0 heterocycles. The first-order valence-electron chi connectivity index (χ1n) is 5.07. The second-order valence-corrected chi connectivity index (χ2v) is 3.37. The number of carbonyl (C=O) groups is 1. The van der Waals surface area contributed by atoms with Crippen LogP contribution in [0.15, 0.2) is 24.3 Å². The molecule has 0 aliphatic carbocycles. The summed E-state index contributed by atoms with van der Waals surface area (Å²) in [6, 6.07) is 5.06. The Kier molecular flexibility index (Phi) is 4.82. The largest absolute Gasteiger partial charge is 0.573 e. The first kappa shape index (κ1) is 14.1. The number of rotatable bonds is 6. The van der Waals surface area contributed by atoms with E-state index in [9.17, 15) is 18.0 Å². The Morgan fingerprint density at radius 3 is 2.56 bits per heavy atom. The molecular weight excluding hydrogens is 253 g/mol. The molecule has 0 saturated heterocycles. The van der Waals surface area contributed by atoms with Crippen molar-refractivity contribution in [1.82, 2.24) is 0 Å². The molecule has 0 aliphatic heterocycles. The molecule has 0 aromatic heterocycles. The van der Waals surface area contributed by atoms with Gasteiger partial charge < -0.3 is 14.6 Å². The van der Waals surface area contributed by atoms with E-state index in [1.807, 2.05) is 0 Å². The number of carboxylic acid groups (broad SMARTS) is 1. The van der Waals surface area contributed by atoms with E-state index in [2.05, 4.69) is 4.74 Å². The maximum absolute atomic E-state index is 11.9. The first-order valence-corrected chi connectivity index (χ1v) is 5.07. The lowest BCUT2D eigenvalue weighted by Crippen LogP contribution is -2.17. The van der Waals surface area contributed by atoms with Crippen LogP contribution in [0.4, 0.5) is 13.2 Å². The molecule has 1 aromatic rings. The predicted octanol–water partition coefficient (Wildman–Crippen LogP) is 2.83.